The van der Waals surface area contributed by atoms with Gasteiger partial charge < -0.3 is 5.73 Å². The van der Waals surface area contributed by atoms with Gasteiger partial charge in [-0.2, -0.15) is 0 Å². The van der Waals surface area contributed by atoms with Crippen molar-refractivity contribution in [3.8, 4) is 0 Å². The molecule has 2 N–H and O–H groups in total. The van der Waals surface area contributed by atoms with Gasteiger partial charge in [0, 0.05) is 37.5 Å². The van der Waals surface area contributed by atoms with Crippen molar-refractivity contribution in [1.29, 1.82) is 0 Å². The summed E-state index contributed by atoms with van der Waals surface area (Å²) >= 11 is 1.68. The van der Waals surface area contributed by atoms with Crippen molar-refractivity contribution in [3.05, 3.63) is 21.4 Å². The number of nitrogens with zero attached hydrogens (tertiary/aromatic N) is 1. The van der Waals surface area contributed by atoms with Gasteiger partial charge in [-0.05, 0) is 24.5 Å². The summed E-state index contributed by atoms with van der Waals surface area (Å²) < 4.78 is 0. The quantitative estimate of drug-likeness (QED) is 0.816. The van der Waals surface area contributed by atoms with Crippen molar-refractivity contribution >= 4 is 17.1 Å². The van der Waals surface area contributed by atoms with Crippen LogP contribution in [0.5, 0.6) is 0 Å². The van der Waals surface area contributed by atoms with Crippen molar-refractivity contribution in [2.75, 3.05) is 19.6 Å². The first-order valence-corrected chi connectivity index (χ1v) is 7.13. The summed E-state index contributed by atoms with van der Waals surface area (Å²) in [6.07, 6.45) is 2.66. The van der Waals surface area contributed by atoms with Crippen LogP contribution in [0.1, 0.15) is 39.9 Å². The van der Waals surface area contributed by atoms with Crippen LogP contribution in [-0.2, 0) is 13.0 Å². The second kappa shape index (κ2) is 5.76. The molecule has 1 aliphatic heterocycles. The van der Waals surface area contributed by atoms with Crippen LogP contribution in [0, 0.1) is 0 Å². The van der Waals surface area contributed by atoms with E-state index in [9.17, 15) is 4.79 Å². The average Bonchev–Trinajstić information content (AvgIpc) is 2.73. The van der Waals surface area contributed by atoms with E-state index in [-0.39, 0.29) is 0 Å². The molecule has 1 aromatic heterocycles. The van der Waals surface area contributed by atoms with Crippen LogP contribution < -0.4 is 5.73 Å². The van der Waals surface area contributed by atoms with Gasteiger partial charge in [0.2, 0.25) is 0 Å². The molecule has 2 heterocycles. The van der Waals surface area contributed by atoms with E-state index >= 15 is 0 Å². The van der Waals surface area contributed by atoms with E-state index in [1.165, 1.54) is 10.4 Å². The number of carbonyl (C=O) groups is 1. The highest BCUT2D eigenvalue weighted by Crippen LogP contribution is 2.29. The number of ketones is 1. The molecule has 1 aromatic rings. The zero-order chi connectivity index (χ0) is 12.3. The molecule has 3 nitrogen and oxygen atoms in total. The standard InChI is InChI=1S/C13H20N2OS/c1-2-3-11(16)12-8-10-4-6-15(7-5-14)9-13(10)17-12/h8H,2-7,9,14H2,1H3. The predicted molar refractivity (Wildman–Crippen MR) is 71.6 cm³/mol. The summed E-state index contributed by atoms with van der Waals surface area (Å²) in [5.74, 6) is 0.303. The minimum Gasteiger partial charge on any atom is -0.329 e. The maximum atomic E-state index is 11.8. The SMILES string of the molecule is CCCC(=O)c1cc2c(s1)CN(CCN)CC2. The molecular weight excluding hydrogens is 232 g/mol. The predicted octanol–water partition coefficient (Wildman–Crippen LogP) is 2.05. The first-order valence-electron chi connectivity index (χ1n) is 6.31. The van der Waals surface area contributed by atoms with Crippen molar-refractivity contribution < 1.29 is 4.79 Å². The summed E-state index contributed by atoms with van der Waals surface area (Å²) in [6, 6.07) is 2.11. The summed E-state index contributed by atoms with van der Waals surface area (Å²) in [5.41, 5.74) is 6.96. The van der Waals surface area contributed by atoms with Gasteiger partial charge in [-0.3, -0.25) is 9.69 Å². The third-order valence-electron chi connectivity index (χ3n) is 3.16. The smallest absolute Gasteiger partial charge is 0.172 e. The number of hydrogen-bond acceptors (Lipinski definition) is 4. The number of thiophene rings is 1. The van der Waals surface area contributed by atoms with Gasteiger partial charge in [-0.1, -0.05) is 6.92 Å². The third-order valence-corrected chi connectivity index (χ3v) is 4.36. The maximum Gasteiger partial charge on any atom is 0.172 e. The Labute approximate surface area is 107 Å². The molecule has 0 amide bonds. The molecule has 17 heavy (non-hydrogen) atoms. The molecule has 1 aliphatic rings. The molecule has 4 heteroatoms. The fourth-order valence-electron chi connectivity index (χ4n) is 2.23. The van der Waals surface area contributed by atoms with Crippen LogP contribution in [-0.4, -0.2) is 30.3 Å². The first kappa shape index (κ1) is 12.7. The van der Waals surface area contributed by atoms with Gasteiger partial charge in [0.05, 0.1) is 4.88 Å². The number of hydrogen-bond donors (Lipinski definition) is 1. The van der Waals surface area contributed by atoms with Crippen LogP contribution >= 0.6 is 11.3 Å². The second-order valence-electron chi connectivity index (χ2n) is 4.55. The molecule has 2 rings (SSSR count). The Kier molecular flexibility index (Phi) is 4.31. The van der Waals surface area contributed by atoms with Crippen LogP contribution in [0.3, 0.4) is 0 Å². The molecule has 94 valence electrons. The number of fused-ring (bicyclic) bond motifs is 1. The number of nitrogens with two attached hydrogens (primary N) is 1. The second-order valence-corrected chi connectivity index (χ2v) is 5.68. The molecule has 0 bridgehead atoms. The Morgan fingerprint density at radius 2 is 2.41 bits per heavy atom. The number of rotatable bonds is 5. The van der Waals surface area contributed by atoms with Gasteiger partial charge in [0.1, 0.15) is 0 Å². The zero-order valence-electron chi connectivity index (χ0n) is 10.4. The van der Waals surface area contributed by atoms with E-state index < -0.39 is 0 Å². The van der Waals surface area contributed by atoms with Crippen molar-refractivity contribution in [2.24, 2.45) is 5.73 Å². The topological polar surface area (TPSA) is 46.3 Å². The van der Waals surface area contributed by atoms with Crippen molar-refractivity contribution in [1.82, 2.24) is 4.90 Å². The van der Waals surface area contributed by atoms with Crippen LogP contribution in [0.15, 0.2) is 6.07 Å². The van der Waals surface area contributed by atoms with Crippen molar-refractivity contribution in [2.45, 2.75) is 32.7 Å². The Bertz CT molecular complexity index is 400. The van der Waals surface area contributed by atoms with E-state index in [2.05, 4.69) is 11.0 Å². The van der Waals surface area contributed by atoms with Gasteiger partial charge in [-0.25, -0.2) is 0 Å². The zero-order valence-corrected chi connectivity index (χ0v) is 11.2. The molecule has 0 fully saturated rings. The molecular formula is C13H20N2OS. The van der Waals surface area contributed by atoms with E-state index in [0.717, 1.165) is 37.4 Å². The normalized spacial score (nSPS) is 15.9. The average molecular weight is 252 g/mol. The minimum atomic E-state index is 0.303. The van der Waals surface area contributed by atoms with E-state index in [0.29, 0.717) is 18.7 Å². The lowest BCUT2D eigenvalue weighted by Crippen LogP contribution is -2.33. The monoisotopic (exact) mass is 252 g/mol. The van der Waals surface area contributed by atoms with E-state index in [4.69, 9.17) is 5.73 Å². The van der Waals surface area contributed by atoms with Crippen molar-refractivity contribution in [3.63, 3.8) is 0 Å². The molecule has 0 radical (unpaired) electrons. The Hall–Kier alpha value is -0.710. The van der Waals surface area contributed by atoms with Gasteiger partial charge in [0.25, 0.3) is 0 Å². The molecule has 0 aliphatic carbocycles. The Morgan fingerprint density at radius 3 is 3.12 bits per heavy atom. The lowest BCUT2D eigenvalue weighted by molar-refractivity contribution is 0.0985. The first-order chi connectivity index (χ1) is 8.24. The van der Waals surface area contributed by atoms with Gasteiger partial charge in [0.15, 0.2) is 5.78 Å². The summed E-state index contributed by atoms with van der Waals surface area (Å²) in [5, 5.41) is 0. The lowest BCUT2D eigenvalue weighted by Gasteiger charge is -2.25. The maximum absolute atomic E-state index is 11.8. The van der Waals surface area contributed by atoms with Gasteiger partial charge >= 0.3 is 0 Å². The highest BCUT2D eigenvalue weighted by atomic mass is 32.1. The minimum absolute atomic E-state index is 0.303. The van der Waals surface area contributed by atoms with Crippen LogP contribution in [0.4, 0.5) is 0 Å². The number of carbonyl (C=O) groups excluding carboxylic acids is 1. The molecule has 0 saturated carbocycles. The summed E-state index contributed by atoms with van der Waals surface area (Å²) in [6.45, 7) is 5.76. The molecule has 0 spiro atoms. The molecule has 0 saturated heterocycles. The molecule has 0 unspecified atom stereocenters. The van der Waals surface area contributed by atoms with Gasteiger partial charge in [-0.15, -0.1) is 11.3 Å². The number of Topliss-reactive ketones (excluding diaryl/α,β-unsaturated/α-hetero) is 1. The fourth-order valence-corrected chi connectivity index (χ4v) is 3.46. The van der Waals surface area contributed by atoms with Crippen LogP contribution in [0.2, 0.25) is 0 Å². The molecule has 0 atom stereocenters. The lowest BCUT2D eigenvalue weighted by atomic mass is 10.1. The van der Waals surface area contributed by atoms with E-state index in [1.807, 2.05) is 6.92 Å². The van der Waals surface area contributed by atoms with Crippen LogP contribution in [0.25, 0.3) is 0 Å². The highest BCUT2D eigenvalue weighted by molar-refractivity contribution is 7.14. The largest absolute Gasteiger partial charge is 0.329 e. The van der Waals surface area contributed by atoms with E-state index in [1.54, 1.807) is 11.3 Å². The highest BCUT2D eigenvalue weighted by Gasteiger charge is 2.20. The Balaban J connectivity index is 2.09. The third kappa shape index (κ3) is 2.94. The molecule has 0 aromatic carbocycles. The fraction of sp³-hybridized carbons (Fsp3) is 0.615. The summed E-state index contributed by atoms with van der Waals surface area (Å²) in [7, 11) is 0. The Morgan fingerprint density at radius 1 is 1.59 bits per heavy atom. The summed E-state index contributed by atoms with van der Waals surface area (Å²) in [4.78, 5) is 16.5.